The van der Waals surface area contributed by atoms with Crippen LogP contribution in [-0.2, 0) is 7.05 Å². The van der Waals surface area contributed by atoms with E-state index < -0.39 is 11.5 Å². The summed E-state index contributed by atoms with van der Waals surface area (Å²) in [4.78, 5) is 43.4. The number of imide groups is 1. The number of pyridine rings is 1. The summed E-state index contributed by atoms with van der Waals surface area (Å²) >= 11 is 0. The van der Waals surface area contributed by atoms with Crippen LogP contribution in [-0.4, -0.2) is 59.0 Å². The van der Waals surface area contributed by atoms with E-state index in [4.69, 9.17) is 0 Å². The van der Waals surface area contributed by atoms with Crippen molar-refractivity contribution in [2.24, 2.45) is 7.05 Å². The van der Waals surface area contributed by atoms with Gasteiger partial charge in [0.1, 0.15) is 5.56 Å². The van der Waals surface area contributed by atoms with Crippen molar-refractivity contribution in [3.05, 3.63) is 63.6 Å². The third-order valence-electron chi connectivity index (χ3n) is 5.44. The molecule has 2 aliphatic rings. The first-order valence-corrected chi connectivity index (χ1v) is 9.06. The van der Waals surface area contributed by atoms with E-state index in [1.165, 1.54) is 15.2 Å². The van der Waals surface area contributed by atoms with E-state index in [1.807, 2.05) is 18.2 Å². The van der Waals surface area contributed by atoms with Gasteiger partial charge in [0.2, 0.25) is 0 Å². The molecule has 3 heterocycles. The van der Waals surface area contributed by atoms with Crippen molar-refractivity contribution in [2.45, 2.75) is 6.92 Å². The number of piperazine rings is 1. The maximum Gasteiger partial charge on any atom is 0.268 e. The molecule has 0 spiro atoms. The Kier molecular flexibility index (Phi) is 4.31. The lowest BCUT2D eigenvalue weighted by Gasteiger charge is -2.37. The molecule has 0 saturated carbocycles. The number of nitrogens with zero attached hydrogens (tertiary/aromatic N) is 4. The molecule has 7 nitrogen and oxygen atoms in total. The minimum Gasteiger partial charge on any atom is -0.369 e. The molecule has 0 radical (unpaired) electrons. The molecule has 1 aromatic carbocycles. The molecule has 2 aromatic rings. The third kappa shape index (κ3) is 2.94. The number of hydrogen-bond acceptors (Lipinski definition) is 5. The van der Waals surface area contributed by atoms with Gasteiger partial charge < -0.3 is 9.47 Å². The monoisotopic (exact) mass is 366 g/mol. The van der Waals surface area contributed by atoms with Crippen LogP contribution in [0.15, 0.2) is 41.2 Å². The number of aryl methyl sites for hydroxylation is 1. The fourth-order valence-electron chi connectivity index (χ4n) is 3.68. The summed E-state index contributed by atoms with van der Waals surface area (Å²) in [7, 11) is 1.61. The maximum absolute atomic E-state index is 12.7. The standard InChI is InChI=1S/C20H22N4O3/c1-14-12-16-17(19(26)21(14)2)20(27)24(18(16)25)13-22-8-10-23(11-9-22)15-6-4-3-5-7-15/h3-7,12H,8-11,13H2,1-2H3. The Balaban J connectivity index is 1.47. The molecular formula is C20H22N4O3. The highest BCUT2D eigenvalue weighted by atomic mass is 16.2. The zero-order chi connectivity index (χ0) is 19.1. The summed E-state index contributed by atoms with van der Waals surface area (Å²) in [5.41, 5.74) is 1.66. The van der Waals surface area contributed by atoms with Gasteiger partial charge in [-0.3, -0.25) is 24.2 Å². The van der Waals surface area contributed by atoms with Crippen LogP contribution in [0.3, 0.4) is 0 Å². The molecule has 0 aliphatic carbocycles. The normalized spacial score (nSPS) is 17.6. The minimum absolute atomic E-state index is 0.00368. The number of rotatable bonds is 3. The van der Waals surface area contributed by atoms with Crippen LogP contribution < -0.4 is 10.5 Å². The first-order valence-electron chi connectivity index (χ1n) is 9.06. The maximum atomic E-state index is 12.7. The average molecular weight is 366 g/mol. The number of carbonyl (C=O) groups is 2. The highest BCUT2D eigenvalue weighted by molar-refractivity contribution is 6.21. The van der Waals surface area contributed by atoms with Crippen LogP contribution in [0.5, 0.6) is 0 Å². The van der Waals surface area contributed by atoms with E-state index in [9.17, 15) is 14.4 Å². The van der Waals surface area contributed by atoms with Crippen molar-refractivity contribution in [3.63, 3.8) is 0 Å². The molecular weight excluding hydrogens is 344 g/mol. The lowest BCUT2D eigenvalue weighted by Crippen LogP contribution is -2.51. The van der Waals surface area contributed by atoms with Crippen LogP contribution in [0.4, 0.5) is 5.69 Å². The fraction of sp³-hybridized carbons (Fsp3) is 0.350. The molecule has 2 aliphatic heterocycles. The lowest BCUT2D eigenvalue weighted by molar-refractivity contribution is 0.0534. The van der Waals surface area contributed by atoms with Gasteiger partial charge in [-0.2, -0.15) is 0 Å². The number of hydrogen-bond donors (Lipinski definition) is 0. The predicted molar refractivity (Wildman–Crippen MR) is 102 cm³/mol. The van der Waals surface area contributed by atoms with Gasteiger partial charge in [-0.1, -0.05) is 18.2 Å². The van der Waals surface area contributed by atoms with Crippen molar-refractivity contribution < 1.29 is 9.59 Å². The zero-order valence-electron chi connectivity index (χ0n) is 15.5. The third-order valence-corrected chi connectivity index (χ3v) is 5.44. The summed E-state index contributed by atoms with van der Waals surface area (Å²) in [6.07, 6.45) is 0. The second kappa shape index (κ2) is 6.66. The molecule has 7 heteroatoms. The second-order valence-electron chi connectivity index (χ2n) is 7.06. The number of benzene rings is 1. The number of anilines is 1. The molecule has 1 aromatic heterocycles. The van der Waals surface area contributed by atoms with Crippen LogP contribution >= 0.6 is 0 Å². The first-order chi connectivity index (χ1) is 13.0. The molecule has 1 fully saturated rings. The number of amides is 2. The smallest absolute Gasteiger partial charge is 0.268 e. The summed E-state index contributed by atoms with van der Waals surface area (Å²) in [6.45, 7) is 5.13. The largest absolute Gasteiger partial charge is 0.369 e. The molecule has 2 amide bonds. The first kappa shape index (κ1) is 17.5. The van der Waals surface area contributed by atoms with E-state index >= 15 is 0 Å². The second-order valence-corrected chi connectivity index (χ2v) is 7.06. The molecule has 0 unspecified atom stereocenters. The van der Waals surface area contributed by atoms with Crippen molar-refractivity contribution in [3.8, 4) is 0 Å². The highest BCUT2D eigenvalue weighted by Gasteiger charge is 2.39. The molecule has 0 atom stereocenters. The van der Waals surface area contributed by atoms with Gasteiger partial charge in [0.15, 0.2) is 0 Å². The number of para-hydroxylation sites is 1. The van der Waals surface area contributed by atoms with Gasteiger partial charge in [0, 0.05) is 44.6 Å². The van der Waals surface area contributed by atoms with Crippen LogP contribution in [0.2, 0.25) is 0 Å². The molecule has 27 heavy (non-hydrogen) atoms. The Hall–Kier alpha value is -2.93. The summed E-state index contributed by atoms with van der Waals surface area (Å²) in [6, 6.07) is 11.8. The van der Waals surface area contributed by atoms with Crippen LogP contribution in [0, 0.1) is 6.92 Å². The molecule has 1 saturated heterocycles. The Morgan fingerprint density at radius 2 is 1.59 bits per heavy atom. The van der Waals surface area contributed by atoms with E-state index in [-0.39, 0.29) is 23.7 Å². The van der Waals surface area contributed by atoms with E-state index in [2.05, 4.69) is 21.9 Å². The van der Waals surface area contributed by atoms with Crippen molar-refractivity contribution in [2.75, 3.05) is 37.7 Å². The number of carbonyl (C=O) groups excluding carboxylic acids is 2. The average Bonchev–Trinajstić information content (AvgIpc) is 2.92. The van der Waals surface area contributed by atoms with Gasteiger partial charge in [-0.15, -0.1) is 0 Å². The lowest BCUT2D eigenvalue weighted by atomic mass is 10.1. The minimum atomic E-state index is -0.485. The van der Waals surface area contributed by atoms with E-state index in [0.717, 1.165) is 26.2 Å². The topological polar surface area (TPSA) is 65.9 Å². The zero-order valence-corrected chi connectivity index (χ0v) is 15.5. The van der Waals surface area contributed by atoms with Gasteiger partial charge in [0.05, 0.1) is 12.2 Å². The number of fused-ring (bicyclic) bond motifs is 1. The van der Waals surface area contributed by atoms with Gasteiger partial charge in [0.25, 0.3) is 17.4 Å². The quantitative estimate of drug-likeness (QED) is 0.761. The summed E-state index contributed by atoms with van der Waals surface area (Å²) in [5.74, 6) is -0.859. The Bertz CT molecular complexity index is 959. The van der Waals surface area contributed by atoms with E-state index in [1.54, 1.807) is 20.0 Å². The predicted octanol–water partition coefficient (Wildman–Crippen LogP) is 1.07. The highest BCUT2D eigenvalue weighted by Crippen LogP contribution is 2.22. The molecule has 0 bridgehead atoms. The van der Waals surface area contributed by atoms with Gasteiger partial charge in [-0.25, -0.2) is 0 Å². The van der Waals surface area contributed by atoms with Gasteiger partial charge >= 0.3 is 0 Å². The molecule has 4 rings (SSSR count). The Morgan fingerprint density at radius 1 is 0.926 bits per heavy atom. The summed E-state index contributed by atoms with van der Waals surface area (Å²) in [5, 5.41) is 0. The number of aromatic nitrogens is 1. The van der Waals surface area contributed by atoms with Gasteiger partial charge in [-0.05, 0) is 25.1 Å². The molecule has 0 N–H and O–H groups in total. The molecule has 140 valence electrons. The Labute approximate surface area is 157 Å². The Morgan fingerprint density at radius 3 is 2.26 bits per heavy atom. The van der Waals surface area contributed by atoms with Crippen LogP contribution in [0.25, 0.3) is 0 Å². The van der Waals surface area contributed by atoms with Crippen molar-refractivity contribution in [1.29, 1.82) is 0 Å². The van der Waals surface area contributed by atoms with E-state index in [0.29, 0.717) is 5.69 Å². The van der Waals surface area contributed by atoms with Crippen molar-refractivity contribution >= 4 is 17.5 Å². The summed E-state index contributed by atoms with van der Waals surface area (Å²) < 4.78 is 1.41. The van der Waals surface area contributed by atoms with Crippen molar-refractivity contribution in [1.82, 2.24) is 14.4 Å². The fourth-order valence-corrected chi connectivity index (χ4v) is 3.68. The van der Waals surface area contributed by atoms with Crippen LogP contribution in [0.1, 0.15) is 26.4 Å². The SMILES string of the molecule is Cc1cc2c(c(=O)n1C)C(=O)N(CN1CCN(c3ccccc3)CC1)C2=O.